The van der Waals surface area contributed by atoms with Crippen LogP contribution in [0.3, 0.4) is 0 Å². The van der Waals surface area contributed by atoms with E-state index in [0.29, 0.717) is 6.42 Å². The van der Waals surface area contributed by atoms with Gasteiger partial charge in [-0.25, -0.2) is 24.1 Å². The van der Waals surface area contributed by atoms with Gasteiger partial charge < -0.3 is 34.3 Å². The number of ether oxygens (including phenoxy) is 4. The SMILES string of the molecule is CC(C)(C)OC(=O)NC(=NCCC[C@H](NC(=O)OCC1c2ccccc2-c2ccccc21)C(=O)N1CCC[C@H]1C(=O)O)N(CCOCCN=[N+]=[N-])C(=O)OC(C)(C)C. The first-order chi connectivity index (χ1) is 27.5. The third-order valence-electron chi connectivity index (χ3n) is 9.01. The van der Waals surface area contributed by atoms with Gasteiger partial charge in [0, 0.05) is 30.5 Å². The molecule has 3 N–H and O–H groups in total. The summed E-state index contributed by atoms with van der Waals surface area (Å²) in [5.41, 5.74) is 10.9. The Morgan fingerprint density at radius 3 is 2.17 bits per heavy atom. The van der Waals surface area contributed by atoms with Crippen molar-refractivity contribution in [2.24, 2.45) is 10.1 Å². The second kappa shape index (κ2) is 20.5. The molecule has 4 rings (SSSR count). The molecule has 0 saturated carbocycles. The molecule has 0 aromatic heterocycles. The molecule has 2 aromatic carbocycles. The number of carbonyl (C=O) groups is 5. The Kier molecular flexibility index (Phi) is 15.9. The first-order valence-electron chi connectivity index (χ1n) is 19.3. The Morgan fingerprint density at radius 2 is 1.57 bits per heavy atom. The molecule has 18 nitrogen and oxygen atoms in total. The van der Waals surface area contributed by atoms with Crippen molar-refractivity contribution in [2.45, 2.75) is 96.4 Å². The zero-order chi connectivity index (χ0) is 42.5. The molecule has 2 atom stereocenters. The van der Waals surface area contributed by atoms with Crippen LogP contribution in [0.5, 0.6) is 0 Å². The molecule has 1 heterocycles. The number of azide groups is 1. The zero-order valence-electron chi connectivity index (χ0n) is 33.9. The van der Waals surface area contributed by atoms with Crippen LogP contribution in [-0.2, 0) is 28.5 Å². The summed E-state index contributed by atoms with van der Waals surface area (Å²) >= 11 is 0. The standard InChI is InChI=1S/C40H54N8O10/c1-39(2,3)57-37(53)45-35(48(38(54)58-40(4,5)6)22-24-55-23-20-43-46-41)42-19-11-17-31(33(49)47-21-12-18-32(47)34(50)51)44-36(52)56-25-30-28-15-9-7-13-26(28)27-14-8-10-16-29(27)30/h7-10,13-16,30-32H,11-12,17-25H2,1-6H3,(H,44,52)(H,50,51)(H,42,45,53)/t31-,32-/m0/s1. The molecule has 18 heteroatoms. The number of nitrogens with one attached hydrogen (secondary N) is 2. The van der Waals surface area contributed by atoms with E-state index in [9.17, 15) is 29.1 Å². The second-order valence-corrected chi connectivity index (χ2v) is 15.7. The van der Waals surface area contributed by atoms with Crippen molar-refractivity contribution in [3.63, 3.8) is 0 Å². The van der Waals surface area contributed by atoms with Crippen molar-refractivity contribution in [2.75, 3.05) is 46.0 Å². The van der Waals surface area contributed by atoms with E-state index < -0.39 is 53.4 Å². The fraction of sp³-hybridized carbons (Fsp3) is 0.550. The van der Waals surface area contributed by atoms with E-state index in [1.807, 2.05) is 48.5 Å². The largest absolute Gasteiger partial charge is 0.480 e. The van der Waals surface area contributed by atoms with E-state index in [4.69, 9.17) is 24.5 Å². The number of alkyl carbamates (subject to hydrolysis) is 2. The van der Waals surface area contributed by atoms with Crippen LogP contribution in [0.25, 0.3) is 21.6 Å². The average Bonchev–Trinajstić information content (AvgIpc) is 3.76. The van der Waals surface area contributed by atoms with E-state index in [1.54, 1.807) is 41.5 Å². The summed E-state index contributed by atoms with van der Waals surface area (Å²) in [6.45, 7) is 10.1. The van der Waals surface area contributed by atoms with Crippen LogP contribution in [0.4, 0.5) is 14.4 Å². The van der Waals surface area contributed by atoms with Crippen LogP contribution in [0.2, 0.25) is 0 Å². The zero-order valence-corrected chi connectivity index (χ0v) is 33.9. The number of carboxylic acids is 1. The number of hydrogen-bond donors (Lipinski definition) is 3. The highest BCUT2D eigenvalue weighted by molar-refractivity contribution is 6.01. The summed E-state index contributed by atoms with van der Waals surface area (Å²) in [6.07, 6.45) is -1.69. The van der Waals surface area contributed by atoms with Gasteiger partial charge >= 0.3 is 24.2 Å². The van der Waals surface area contributed by atoms with E-state index in [-0.39, 0.29) is 77.1 Å². The quantitative estimate of drug-likeness (QED) is 0.0351. The Bertz CT molecular complexity index is 1820. The molecule has 0 unspecified atom stereocenters. The van der Waals surface area contributed by atoms with Crippen molar-refractivity contribution >= 4 is 36.1 Å². The van der Waals surface area contributed by atoms with E-state index in [0.717, 1.165) is 27.2 Å². The molecule has 2 aliphatic rings. The molecule has 0 bridgehead atoms. The minimum atomic E-state index is -1.18. The smallest absolute Gasteiger partial charge is 0.417 e. The second-order valence-electron chi connectivity index (χ2n) is 15.7. The molecule has 0 spiro atoms. The molecule has 314 valence electrons. The lowest BCUT2D eigenvalue weighted by atomic mass is 9.98. The van der Waals surface area contributed by atoms with E-state index in [2.05, 4.69) is 25.7 Å². The molecule has 1 aliphatic heterocycles. The van der Waals surface area contributed by atoms with Gasteiger partial charge in [0.25, 0.3) is 0 Å². The number of benzene rings is 2. The normalized spacial score (nSPS) is 15.7. The molecule has 2 aromatic rings. The van der Waals surface area contributed by atoms with Gasteiger partial charge in [-0.1, -0.05) is 53.6 Å². The lowest BCUT2D eigenvalue weighted by Gasteiger charge is -2.29. The minimum absolute atomic E-state index is 0.00196. The number of aliphatic imine (C=N–C) groups is 1. The minimum Gasteiger partial charge on any atom is -0.480 e. The van der Waals surface area contributed by atoms with Gasteiger partial charge in [-0.05, 0) is 95.0 Å². The fourth-order valence-corrected chi connectivity index (χ4v) is 6.60. The van der Waals surface area contributed by atoms with E-state index >= 15 is 0 Å². The molecule has 0 radical (unpaired) electrons. The summed E-state index contributed by atoms with van der Waals surface area (Å²) in [5, 5.41) is 18.4. The molecule has 4 amide bonds. The Balaban J connectivity index is 1.53. The third kappa shape index (κ3) is 13.1. The highest BCUT2D eigenvalue weighted by Crippen LogP contribution is 2.44. The number of hydrogen-bond acceptors (Lipinski definition) is 11. The van der Waals surface area contributed by atoms with Crippen molar-refractivity contribution in [1.82, 2.24) is 20.4 Å². The maximum absolute atomic E-state index is 13.9. The number of fused-ring (bicyclic) bond motifs is 3. The summed E-state index contributed by atoms with van der Waals surface area (Å²) in [7, 11) is 0. The fourth-order valence-electron chi connectivity index (χ4n) is 6.60. The number of likely N-dealkylation sites (tertiary alicyclic amines) is 1. The predicted octanol–water partition coefficient (Wildman–Crippen LogP) is 6.19. The molecule has 1 saturated heterocycles. The lowest BCUT2D eigenvalue weighted by molar-refractivity contribution is -0.149. The number of nitrogens with zero attached hydrogens (tertiary/aromatic N) is 6. The number of amides is 4. The maximum Gasteiger partial charge on any atom is 0.417 e. The summed E-state index contributed by atoms with van der Waals surface area (Å²) in [6, 6.07) is 13.5. The van der Waals surface area contributed by atoms with Gasteiger partial charge in [0.15, 0.2) is 0 Å². The van der Waals surface area contributed by atoms with Crippen LogP contribution in [0, 0.1) is 0 Å². The van der Waals surface area contributed by atoms with E-state index in [1.165, 1.54) is 4.90 Å². The summed E-state index contributed by atoms with van der Waals surface area (Å²) in [5.74, 6) is -2.17. The van der Waals surface area contributed by atoms with Gasteiger partial charge in [0.2, 0.25) is 11.9 Å². The molecule has 58 heavy (non-hydrogen) atoms. The Hall–Kier alpha value is -5.87. The van der Waals surface area contributed by atoms with Gasteiger partial charge in [-0.15, -0.1) is 0 Å². The monoisotopic (exact) mass is 806 g/mol. The molecular weight excluding hydrogens is 752 g/mol. The van der Waals surface area contributed by atoms with Gasteiger partial charge in [-0.3, -0.25) is 15.1 Å². The predicted molar refractivity (Wildman–Crippen MR) is 213 cm³/mol. The van der Waals surface area contributed by atoms with Gasteiger partial charge in [-0.2, -0.15) is 0 Å². The highest BCUT2D eigenvalue weighted by atomic mass is 16.6. The number of aliphatic carboxylic acids is 1. The van der Waals surface area contributed by atoms with Crippen LogP contribution < -0.4 is 10.6 Å². The Labute approximate surface area is 337 Å². The third-order valence-corrected chi connectivity index (χ3v) is 9.01. The van der Waals surface area contributed by atoms with Crippen molar-refractivity contribution in [3.05, 3.63) is 70.1 Å². The van der Waals surface area contributed by atoms with Crippen molar-refractivity contribution in [1.29, 1.82) is 0 Å². The van der Waals surface area contributed by atoms with Crippen LogP contribution in [0.1, 0.15) is 84.3 Å². The molecule has 1 aliphatic carbocycles. The van der Waals surface area contributed by atoms with Gasteiger partial charge in [0.05, 0.1) is 19.8 Å². The summed E-state index contributed by atoms with van der Waals surface area (Å²) < 4.78 is 22.3. The van der Waals surface area contributed by atoms with Crippen LogP contribution in [-0.4, -0.2) is 120 Å². The maximum atomic E-state index is 13.9. The number of carbonyl (C=O) groups excluding carboxylic acids is 4. The lowest BCUT2D eigenvalue weighted by Crippen LogP contribution is -2.52. The molecule has 1 fully saturated rings. The van der Waals surface area contributed by atoms with Crippen LogP contribution >= 0.6 is 0 Å². The summed E-state index contributed by atoms with van der Waals surface area (Å²) in [4.78, 5) is 75.3. The van der Waals surface area contributed by atoms with Gasteiger partial charge in [0.1, 0.15) is 29.9 Å². The number of rotatable bonds is 15. The average molecular weight is 807 g/mol. The topological polar surface area (TPSA) is 234 Å². The highest BCUT2D eigenvalue weighted by Gasteiger charge is 2.38. The first kappa shape index (κ1) is 44.8. The molecular formula is C40H54N8O10. The first-order valence-corrected chi connectivity index (χ1v) is 19.3. The van der Waals surface area contributed by atoms with Crippen molar-refractivity contribution in [3.8, 4) is 11.1 Å². The number of carboxylic acid groups (broad SMARTS) is 1. The number of guanidine groups is 1. The van der Waals surface area contributed by atoms with Crippen molar-refractivity contribution < 1.29 is 48.0 Å². The van der Waals surface area contributed by atoms with Crippen LogP contribution in [0.15, 0.2) is 58.6 Å². The Morgan fingerprint density at radius 1 is 0.931 bits per heavy atom.